The zero-order valence-electron chi connectivity index (χ0n) is 14.7. The summed E-state index contributed by atoms with van der Waals surface area (Å²) in [6, 6.07) is 20.4. The van der Waals surface area contributed by atoms with Gasteiger partial charge in [-0.1, -0.05) is 42.5 Å². The molecule has 4 aromatic rings. The first-order valence-corrected chi connectivity index (χ1v) is 9.68. The topological polar surface area (TPSA) is 59.1 Å². The third-order valence-electron chi connectivity index (χ3n) is 4.79. The van der Waals surface area contributed by atoms with Crippen LogP contribution in [0.15, 0.2) is 78.3 Å². The highest BCUT2D eigenvalue weighted by Crippen LogP contribution is 2.36. The van der Waals surface area contributed by atoms with Crippen molar-refractivity contribution in [2.75, 3.05) is 5.32 Å². The second kappa shape index (κ2) is 6.55. The molecular formula is C23H14N2O2S. The minimum atomic E-state index is -0.247. The van der Waals surface area contributed by atoms with E-state index in [1.54, 1.807) is 29.7 Å². The summed E-state index contributed by atoms with van der Waals surface area (Å²) in [7, 11) is 0. The van der Waals surface area contributed by atoms with E-state index in [9.17, 15) is 9.59 Å². The van der Waals surface area contributed by atoms with Crippen molar-refractivity contribution >= 4 is 28.7 Å². The lowest BCUT2D eigenvalue weighted by molar-refractivity contribution is 0.102. The van der Waals surface area contributed by atoms with Crippen molar-refractivity contribution in [3.8, 4) is 21.7 Å². The molecule has 1 N–H and O–H groups in total. The van der Waals surface area contributed by atoms with Crippen molar-refractivity contribution < 1.29 is 9.59 Å². The fourth-order valence-electron chi connectivity index (χ4n) is 3.47. The van der Waals surface area contributed by atoms with Gasteiger partial charge in [0, 0.05) is 39.5 Å². The molecule has 1 amide bonds. The summed E-state index contributed by atoms with van der Waals surface area (Å²) in [6.07, 6.45) is 1.75. The Labute approximate surface area is 165 Å². The van der Waals surface area contributed by atoms with Gasteiger partial charge < -0.3 is 5.32 Å². The number of benzene rings is 3. The summed E-state index contributed by atoms with van der Waals surface area (Å²) >= 11 is 1.55. The number of fused-ring (bicyclic) bond motifs is 3. The second-order valence-corrected chi connectivity index (χ2v) is 7.40. The van der Waals surface area contributed by atoms with Crippen molar-refractivity contribution in [3.63, 3.8) is 0 Å². The predicted octanol–water partition coefficient (Wildman–Crippen LogP) is 5.27. The van der Waals surface area contributed by atoms with Crippen LogP contribution in [0, 0.1) is 0 Å². The molecule has 1 aliphatic carbocycles. The van der Waals surface area contributed by atoms with Crippen LogP contribution in [0.25, 0.3) is 21.7 Å². The van der Waals surface area contributed by atoms with Gasteiger partial charge in [0.2, 0.25) is 0 Å². The predicted molar refractivity (Wildman–Crippen MR) is 111 cm³/mol. The molecule has 0 fully saturated rings. The van der Waals surface area contributed by atoms with Crippen molar-refractivity contribution in [2.45, 2.75) is 0 Å². The van der Waals surface area contributed by atoms with Crippen LogP contribution in [0.5, 0.6) is 0 Å². The van der Waals surface area contributed by atoms with E-state index in [0.29, 0.717) is 22.4 Å². The highest BCUT2D eigenvalue weighted by atomic mass is 32.1. The molecule has 5 heteroatoms. The average Bonchev–Trinajstić information content (AvgIpc) is 3.36. The van der Waals surface area contributed by atoms with Crippen LogP contribution in [0.3, 0.4) is 0 Å². The Morgan fingerprint density at radius 2 is 1.68 bits per heavy atom. The molecule has 1 heterocycles. The van der Waals surface area contributed by atoms with Crippen LogP contribution in [0.4, 0.5) is 5.69 Å². The average molecular weight is 382 g/mol. The molecule has 134 valence electrons. The maximum atomic E-state index is 12.8. The summed E-state index contributed by atoms with van der Waals surface area (Å²) in [6.45, 7) is 0. The van der Waals surface area contributed by atoms with Crippen LogP contribution in [0.2, 0.25) is 0 Å². The van der Waals surface area contributed by atoms with E-state index >= 15 is 0 Å². The number of amides is 1. The van der Waals surface area contributed by atoms with Crippen LogP contribution < -0.4 is 5.32 Å². The Hall–Kier alpha value is -3.57. The summed E-state index contributed by atoms with van der Waals surface area (Å²) in [5.41, 5.74) is 5.16. The van der Waals surface area contributed by atoms with Gasteiger partial charge in [0.05, 0.1) is 0 Å². The number of thiazole rings is 1. The lowest BCUT2D eigenvalue weighted by Crippen LogP contribution is -2.12. The monoisotopic (exact) mass is 382 g/mol. The Morgan fingerprint density at radius 3 is 2.50 bits per heavy atom. The number of nitrogens with zero attached hydrogens (tertiary/aromatic N) is 1. The Morgan fingerprint density at radius 1 is 0.857 bits per heavy atom. The maximum absolute atomic E-state index is 12.8. The van der Waals surface area contributed by atoms with Crippen LogP contribution in [0.1, 0.15) is 26.3 Å². The molecule has 4 nitrogen and oxygen atoms in total. The molecule has 0 atom stereocenters. The van der Waals surface area contributed by atoms with Crippen LogP contribution in [-0.2, 0) is 0 Å². The van der Waals surface area contributed by atoms with Gasteiger partial charge in [0.25, 0.3) is 5.91 Å². The van der Waals surface area contributed by atoms with E-state index in [4.69, 9.17) is 0 Å². The van der Waals surface area contributed by atoms with Gasteiger partial charge in [0.1, 0.15) is 5.01 Å². The van der Waals surface area contributed by atoms with Crippen LogP contribution in [-0.4, -0.2) is 16.7 Å². The first kappa shape index (κ1) is 16.6. The number of hydrogen-bond donors (Lipinski definition) is 1. The van der Waals surface area contributed by atoms with Gasteiger partial charge in [-0.3, -0.25) is 9.59 Å². The standard InChI is InChI=1S/C23H14N2O2S/c26-21-19-7-2-1-6-17(19)18-9-8-14(13-20(18)21)22(27)25-16-5-3-4-15(12-16)23-24-10-11-28-23/h1-13H,(H,25,27). The number of rotatable bonds is 3. The van der Waals surface area contributed by atoms with E-state index in [1.807, 2.05) is 60.0 Å². The first-order valence-electron chi connectivity index (χ1n) is 8.80. The van der Waals surface area contributed by atoms with Crippen molar-refractivity contribution in [1.29, 1.82) is 0 Å². The smallest absolute Gasteiger partial charge is 0.255 e. The number of ketones is 1. The highest BCUT2D eigenvalue weighted by Gasteiger charge is 2.27. The molecule has 0 radical (unpaired) electrons. The highest BCUT2D eigenvalue weighted by molar-refractivity contribution is 7.13. The van der Waals surface area contributed by atoms with E-state index in [0.717, 1.165) is 21.7 Å². The largest absolute Gasteiger partial charge is 0.322 e. The summed E-state index contributed by atoms with van der Waals surface area (Å²) < 4.78 is 0. The van der Waals surface area contributed by atoms with E-state index in [-0.39, 0.29) is 11.7 Å². The van der Waals surface area contributed by atoms with E-state index < -0.39 is 0 Å². The number of nitrogens with one attached hydrogen (secondary N) is 1. The fraction of sp³-hybridized carbons (Fsp3) is 0. The maximum Gasteiger partial charge on any atom is 0.255 e. The van der Waals surface area contributed by atoms with Crippen molar-refractivity contribution in [3.05, 3.63) is 95.0 Å². The van der Waals surface area contributed by atoms with Gasteiger partial charge in [0.15, 0.2) is 5.78 Å². The Bertz CT molecular complexity index is 1230. The van der Waals surface area contributed by atoms with Crippen molar-refractivity contribution in [1.82, 2.24) is 4.98 Å². The fourth-order valence-corrected chi connectivity index (χ4v) is 4.10. The molecule has 1 aliphatic rings. The first-order chi connectivity index (χ1) is 13.7. The number of hydrogen-bond acceptors (Lipinski definition) is 4. The zero-order chi connectivity index (χ0) is 19.1. The molecule has 28 heavy (non-hydrogen) atoms. The normalized spacial score (nSPS) is 11.8. The number of carbonyl (C=O) groups is 2. The molecule has 3 aromatic carbocycles. The molecule has 5 rings (SSSR count). The molecule has 0 spiro atoms. The molecule has 0 saturated carbocycles. The molecule has 0 saturated heterocycles. The SMILES string of the molecule is O=C(Nc1cccc(-c2nccs2)c1)c1ccc2c(c1)C(=O)c1ccccc1-2. The van der Waals surface area contributed by atoms with Gasteiger partial charge in [-0.2, -0.15) is 0 Å². The Kier molecular flexibility index (Phi) is 3.88. The molecule has 1 aromatic heterocycles. The summed E-state index contributed by atoms with van der Waals surface area (Å²) in [5, 5.41) is 5.73. The van der Waals surface area contributed by atoms with Gasteiger partial charge in [-0.25, -0.2) is 4.98 Å². The molecule has 0 unspecified atom stereocenters. The lowest BCUT2D eigenvalue weighted by Gasteiger charge is -2.08. The molecule has 0 bridgehead atoms. The van der Waals surface area contributed by atoms with Gasteiger partial charge in [-0.05, 0) is 35.4 Å². The van der Waals surface area contributed by atoms with Crippen molar-refractivity contribution in [2.24, 2.45) is 0 Å². The summed E-state index contributed by atoms with van der Waals surface area (Å²) in [5.74, 6) is -0.283. The number of carbonyl (C=O) groups excluding carboxylic acids is 2. The quantitative estimate of drug-likeness (QED) is 0.462. The van der Waals surface area contributed by atoms with Crippen LogP contribution >= 0.6 is 11.3 Å². The summed E-state index contributed by atoms with van der Waals surface area (Å²) in [4.78, 5) is 29.7. The number of anilines is 1. The Balaban J connectivity index is 1.43. The molecular weight excluding hydrogens is 368 g/mol. The van der Waals surface area contributed by atoms with Gasteiger partial charge in [-0.15, -0.1) is 11.3 Å². The third-order valence-corrected chi connectivity index (χ3v) is 5.61. The molecule has 0 aliphatic heterocycles. The lowest BCUT2D eigenvalue weighted by atomic mass is 10.0. The minimum Gasteiger partial charge on any atom is -0.322 e. The minimum absolute atomic E-state index is 0.0361. The van der Waals surface area contributed by atoms with E-state index in [1.165, 1.54) is 0 Å². The second-order valence-electron chi connectivity index (χ2n) is 6.51. The van der Waals surface area contributed by atoms with E-state index in [2.05, 4.69) is 10.3 Å². The van der Waals surface area contributed by atoms with Gasteiger partial charge >= 0.3 is 0 Å². The number of aromatic nitrogens is 1. The third kappa shape index (κ3) is 2.73. The zero-order valence-corrected chi connectivity index (χ0v) is 15.5.